The lowest BCUT2D eigenvalue weighted by atomic mass is 10.1. The Morgan fingerprint density at radius 2 is 1.95 bits per heavy atom. The molecule has 0 unspecified atom stereocenters. The average Bonchev–Trinajstić information content (AvgIpc) is 2.46. The lowest BCUT2D eigenvalue weighted by Gasteiger charge is -2.17. The number of hydrogen-bond donors (Lipinski definition) is 2. The Balaban J connectivity index is 2.67. The van der Waals surface area contributed by atoms with Crippen molar-refractivity contribution in [2.45, 2.75) is 25.9 Å². The van der Waals surface area contributed by atoms with Crippen molar-refractivity contribution in [3.63, 3.8) is 0 Å². The van der Waals surface area contributed by atoms with Gasteiger partial charge in [-0.15, -0.1) is 0 Å². The van der Waals surface area contributed by atoms with E-state index in [4.69, 9.17) is 4.74 Å². The van der Waals surface area contributed by atoms with Crippen molar-refractivity contribution in [3.05, 3.63) is 28.2 Å². The summed E-state index contributed by atoms with van der Waals surface area (Å²) in [6, 6.07) is 5.38. The van der Waals surface area contributed by atoms with Gasteiger partial charge in [0.2, 0.25) is 0 Å². The van der Waals surface area contributed by atoms with Gasteiger partial charge in [-0.25, -0.2) is 4.79 Å². The molecule has 1 aromatic rings. The van der Waals surface area contributed by atoms with Gasteiger partial charge >= 0.3 is 6.09 Å². The van der Waals surface area contributed by atoms with Gasteiger partial charge in [-0.05, 0) is 48.0 Å². The molecule has 0 bridgehead atoms. The van der Waals surface area contributed by atoms with Gasteiger partial charge in [-0.2, -0.15) is 0 Å². The SMILES string of the molecule is COC(=O)NC(=O)[C@H](C)[NH2+][C@H](C)c1ccc(OC)c(Br)c1. The van der Waals surface area contributed by atoms with E-state index in [1.54, 1.807) is 14.0 Å². The van der Waals surface area contributed by atoms with Crippen molar-refractivity contribution in [2.75, 3.05) is 14.2 Å². The molecule has 0 aliphatic heterocycles. The molecule has 0 saturated carbocycles. The maximum atomic E-state index is 11.8. The number of benzene rings is 1. The number of rotatable bonds is 5. The number of hydrogen-bond acceptors (Lipinski definition) is 4. The highest BCUT2D eigenvalue weighted by molar-refractivity contribution is 9.10. The van der Waals surface area contributed by atoms with Crippen LogP contribution in [0.25, 0.3) is 0 Å². The molecule has 0 aliphatic carbocycles. The molecule has 6 nitrogen and oxygen atoms in total. The number of carbonyl (C=O) groups excluding carboxylic acids is 2. The molecule has 1 rings (SSSR count). The quantitative estimate of drug-likeness (QED) is 0.831. The first-order valence-corrected chi connectivity index (χ1v) is 7.25. The van der Waals surface area contributed by atoms with Gasteiger partial charge in [0.05, 0.1) is 18.7 Å². The van der Waals surface area contributed by atoms with Gasteiger partial charge in [0, 0.05) is 5.56 Å². The zero-order valence-electron chi connectivity index (χ0n) is 12.5. The Hall–Kier alpha value is -1.60. The predicted octanol–water partition coefficient (Wildman–Crippen LogP) is 1.35. The van der Waals surface area contributed by atoms with E-state index < -0.39 is 12.1 Å². The molecule has 7 heteroatoms. The van der Waals surface area contributed by atoms with Crippen LogP contribution < -0.4 is 15.4 Å². The maximum Gasteiger partial charge on any atom is 0.413 e. The number of methoxy groups -OCH3 is 2. The van der Waals surface area contributed by atoms with Crippen LogP contribution in [-0.2, 0) is 9.53 Å². The van der Waals surface area contributed by atoms with Crippen molar-refractivity contribution in [3.8, 4) is 5.75 Å². The van der Waals surface area contributed by atoms with E-state index in [1.165, 1.54) is 7.11 Å². The molecule has 0 fully saturated rings. The topological polar surface area (TPSA) is 81.2 Å². The summed E-state index contributed by atoms with van der Waals surface area (Å²) in [7, 11) is 2.82. The summed E-state index contributed by atoms with van der Waals surface area (Å²) in [5.74, 6) is 0.365. The van der Waals surface area contributed by atoms with Crippen molar-refractivity contribution in [2.24, 2.45) is 0 Å². The molecular weight excluding hydrogens is 340 g/mol. The van der Waals surface area contributed by atoms with E-state index in [0.29, 0.717) is 0 Å². The molecule has 0 aromatic heterocycles. The first-order chi connectivity index (χ1) is 9.88. The van der Waals surface area contributed by atoms with Crippen LogP contribution in [0.3, 0.4) is 0 Å². The zero-order chi connectivity index (χ0) is 16.0. The highest BCUT2D eigenvalue weighted by Crippen LogP contribution is 2.27. The number of amides is 2. The van der Waals surface area contributed by atoms with Crippen LogP contribution >= 0.6 is 15.9 Å². The molecular formula is C14H20BrN2O4+. The van der Waals surface area contributed by atoms with Gasteiger partial charge < -0.3 is 14.8 Å². The fourth-order valence-corrected chi connectivity index (χ4v) is 2.42. The summed E-state index contributed by atoms with van der Waals surface area (Å²) in [6.45, 7) is 3.71. The highest BCUT2D eigenvalue weighted by atomic mass is 79.9. The number of carbonyl (C=O) groups is 2. The number of ether oxygens (including phenoxy) is 2. The summed E-state index contributed by atoms with van der Waals surface area (Å²) in [5.41, 5.74) is 1.04. The number of halogens is 1. The average molecular weight is 360 g/mol. The van der Waals surface area contributed by atoms with E-state index in [0.717, 1.165) is 15.8 Å². The van der Waals surface area contributed by atoms with E-state index in [-0.39, 0.29) is 11.9 Å². The Bertz CT molecular complexity index is 522. The summed E-state index contributed by atoms with van der Waals surface area (Å²) < 4.78 is 10.4. The Kier molecular flexibility index (Phi) is 6.64. The molecule has 2 atom stereocenters. The van der Waals surface area contributed by atoms with Gasteiger partial charge in [0.15, 0.2) is 6.04 Å². The first-order valence-electron chi connectivity index (χ1n) is 6.46. The van der Waals surface area contributed by atoms with Crippen LogP contribution in [0.2, 0.25) is 0 Å². The summed E-state index contributed by atoms with van der Waals surface area (Å²) in [6.07, 6.45) is -0.750. The van der Waals surface area contributed by atoms with Gasteiger partial charge in [-0.3, -0.25) is 10.1 Å². The summed E-state index contributed by atoms with van der Waals surface area (Å²) >= 11 is 3.43. The van der Waals surface area contributed by atoms with Crippen molar-refractivity contribution < 1.29 is 24.4 Å². The summed E-state index contributed by atoms with van der Waals surface area (Å²) in [4.78, 5) is 22.8. The fraction of sp³-hybridized carbons (Fsp3) is 0.429. The van der Waals surface area contributed by atoms with E-state index >= 15 is 0 Å². The number of alkyl carbamates (subject to hydrolysis) is 1. The predicted molar refractivity (Wildman–Crippen MR) is 81.0 cm³/mol. The largest absolute Gasteiger partial charge is 0.496 e. The van der Waals surface area contributed by atoms with Crippen LogP contribution in [0.4, 0.5) is 4.79 Å². The van der Waals surface area contributed by atoms with Gasteiger partial charge in [-0.1, -0.05) is 0 Å². The second kappa shape index (κ2) is 7.99. The molecule has 0 heterocycles. The zero-order valence-corrected chi connectivity index (χ0v) is 14.1. The minimum atomic E-state index is -0.750. The second-order valence-corrected chi connectivity index (χ2v) is 5.50. The standard InChI is InChI=1S/C14H19BrN2O4/c1-8(10-5-6-12(20-3)11(15)7-10)16-9(2)13(18)17-14(19)21-4/h5-9,16H,1-4H3,(H,17,18,19)/p+1/t8-,9+/m1/s1. The van der Waals surface area contributed by atoms with Crippen molar-refractivity contribution in [1.82, 2.24) is 5.32 Å². The Labute approximate surface area is 132 Å². The molecule has 21 heavy (non-hydrogen) atoms. The normalized spacial score (nSPS) is 13.2. The minimum absolute atomic E-state index is 0.0469. The van der Waals surface area contributed by atoms with Crippen molar-refractivity contribution in [1.29, 1.82) is 0 Å². The van der Waals surface area contributed by atoms with Crippen LogP contribution in [0.5, 0.6) is 5.75 Å². The lowest BCUT2D eigenvalue weighted by molar-refractivity contribution is -0.710. The van der Waals surface area contributed by atoms with Crippen LogP contribution in [0, 0.1) is 0 Å². The van der Waals surface area contributed by atoms with E-state index in [1.807, 2.05) is 30.4 Å². The van der Waals surface area contributed by atoms with Crippen LogP contribution in [0.1, 0.15) is 25.5 Å². The van der Waals surface area contributed by atoms with Gasteiger partial charge in [0.25, 0.3) is 5.91 Å². The molecule has 3 N–H and O–H groups in total. The fourth-order valence-electron chi connectivity index (χ4n) is 1.86. The number of nitrogens with one attached hydrogen (secondary N) is 1. The third kappa shape index (κ3) is 5.02. The summed E-state index contributed by atoms with van der Waals surface area (Å²) in [5, 5.41) is 4.02. The molecule has 0 saturated heterocycles. The molecule has 116 valence electrons. The van der Waals surface area contributed by atoms with Gasteiger partial charge in [0.1, 0.15) is 11.8 Å². The smallest absolute Gasteiger partial charge is 0.413 e. The van der Waals surface area contributed by atoms with E-state index in [9.17, 15) is 9.59 Å². The third-order valence-electron chi connectivity index (χ3n) is 3.10. The monoisotopic (exact) mass is 359 g/mol. The number of quaternary nitrogens is 1. The third-order valence-corrected chi connectivity index (χ3v) is 3.72. The lowest BCUT2D eigenvalue weighted by Crippen LogP contribution is -2.92. The Morgan fingerprint density at radius 3 is 2.48 bits per heavy atom. The van der Waals surface area contributed by atoms with Crippen LogP contribution in [0.15, 0.2) is 22.7 Å². The first kappa shape index (κ1) is 17.5. The maximum absolute atomic E-state index is 11.8. The molecule has 1 aromatic carbocycles. The number of imide groups is 1. The number of nitrogens with two attached hydrogens (primary N) is 1. The minimum Gasteiger partial charge on any atom is -0.496 e. The highest BCUT2D eigenvalue weighted by Gasteiger charge is 2.22. The van der Waals surface area contributed by atoms with Crippen molar-refractivity contribution >= 4 is 27.9 Å². The van der Waals surface area contributed by atoms with Crippen LogP contribution in [-0.4, -0.2) is 32.3 Å². The molecule has 0 radical (unpaired) electrons. The second-order valence-electron chi connectivity index (χ2n) is 4.64. The Morgan fingerprint density at radius 1 is 1.29 bits per heavy atom. The molecule has 0 aliphatic rings. The molecule has 2 amide bonds. The van der Waals surface area contributed by atoms with E-state index in [2.05, 4.69) is 26.0 Å². The molecule has 0 spiro atoms.